The lowest BCUT2D eigenvalue weighted by Gasteiger charge is -2.48. The fourth-order valence-electron chi connectivity index (χ4n) is 15.9. The Morgan fingerprint density at radius 1 is 0.356 bits per heavy atom. The molecule has 28 atom stereocenters. The molecule has 5 unspecified atom stereocenters. The number of nitrogens with zero attached hydrogens (tertiary/aromatic N) is 2. The largest absolute Gasteiger partial charge is 0.756 e. The molecule has 860 valence electrons. The number of phosphoric acid groups is 5. The van der Waals surface area contributed by atoms with Crippen LogP contribution in [0.25, 0.3) is 0 Å². The average Bonchev–Trinajstić information content (AvgIpc) is 0.776. The van der Waals surface area contributed by atoms with Crippen molar-refractivity contribution >= 4 is 56.8 Å². The molecule has 0 saturated carbocycles. The molecule has 15 N–H and O–H groups in total. The van der Waals surface area contributed by atoms with E-state index in [-0.39, 0.29) is 28.7 Å². The second-order valence-electron chi connectivity index (χ2n) is 41.6. The minimum atomic E-state index is -6.08. The molecular weight excluding hydrogens is 2050 g/mol. The third-order valence-corrected chi connectivity index (χ3v) is 30.5. The first-order valence-corrected chi connectivity index (χ1v) is 58.2. The first kappa shape index (κ1) is 137. The quantitative estimate of drug-likeness (QED) is 0.0162. The van der Waals surface area contributed by atoms with Crippen LogP contribution in [0.15, 0.2) is 128 Å². The predicted molar refractivity (Wildman–Crippen MR) is 547 cm³/mol. The summed E-state index contributed by atoms with van der Waals surface area (Å²) < 4.78 is 151. The summed E-state index contributed by atoms with van der Waals surface area (Å²) in [7, 11) is -17.7. The summed E-state index contributed by atoms with van der Waals surface area (Å²) in [4.78, 5) is 104. The Kier molecular flexibility index (Phi) is 61.4. The molecule has 149 heavy (non-hydrogen) atoms. The van der Waals surface area contributed by atoms with E-state index in [1.54, 1.807) is 49.2 Å². The van der Waals surface area contributed by atoms with Crippen molar-refractivity contribution in [3.8, 4) is 0 Å². The molecule has 4 saturated heterocycles. The van der Waals surface area contributed by atoms with Crippen molar-refractivity contribution in [2.75, 3.05) is 108 Å². The van der Waals surface area contributed by atoms with E-state index in [9.17, 15) is 108 Å². The second-order valence-corrected chi connectivity index (χ2v) is 48.7. The van der Waals surface area contributed by atoms with Gasteiger partial charge in [0.1, 0.15) is 142 Å². The molecule has 0 aromatic rings. The Balaban J connectivity index is 1.28. The van der Waals surface area contributed by atoms with E-state index in [1.807, 2.05) is 6.92 Å². The summed E-state index contributed by atoms with van der Waals surface area (Å²) in [6.07, 6.45) is 5.09. The number of phosphoric ester groups is 5. The van der Waals surface area contributed by atoms with Crippen LogP contribution >= 0.6 is 39.1 Å². The number of hydrogen-bond donors (Lipinski definition) is 13. The summed E-state index contributed by atoms with van der Waals surface area (Å²) in [5.41, 5.74) is 18.6. The van der Waals surface area contributed by atoms with Gasteiger partial charge in [0.2, 0.25) is 17.7 Å². The third-order valence-electron chi connectivity index (χ3n) is 25.1. The highest BCUT2D eigenvalue weighted by Crippen LogP contribution is 2.57. The molecule has 0 radical (unpaired) electrons. The number of allylic oxidation sites excluding steroid dienone is 21. The topological polar surface area (TPSA) is 645 Å². The van der Waals surface area contributed by atoms with E-state index >= 15 is 0 Å². The van der Waals surface area contributed by atoms with Crippen LogP contribution in [0, 0.1) is 0 Å². The van der Waals surface area contributed by atoms with Crippen molar-refractivity contribution < 1.29 is 196 Å². The van der Waals surface area contributed by atoms with Crippen LogP contribution in [0.4, 0.5) is 0 Å². The molecule has 44 nitrogen and oxygen atoms in total. The summed E-state index contributed by atoms with van der Waals surface area (Å²) in [6.45, 7) is 22.9. The molecule has 0 aromatic carbocycles. The number of likely N-dealkylation sites (N-methyl/N-ethyl adjacent to an activating group) is 2. The van der Waals surface area contributed by atoms with E-state index in [0.717, 1.165) is 142 Å². The Hall–Kier alpha value is -4.62. The molecule has 49 heteroatoms. The smallest absolute Gasteiger partial charge is 0.276 e. The van der Waals surface area contributed by atoms with Gasteiger partial charge in [-0.3, -0.25) is 41.7 Å². The minimum Gasteiger partial charge on any atom is -0.756 e. The number of carbonyl (C=O) groups excluding carboxylic acids is 3. The average molecular weight is 2220 g/mol. The van der Waals surface area contributed by atoms with Crippen molar-refractivity contribution in [2.45, 2.75) is 380 Å². The summed E-state index contributed by atoms with van der Waals surface area (Å²) in [6, 6.07) is -6.74. The number of rotatable bonds is 69. The van der Waals surface area contributed by atoms with Crippen LogP contribution in [0.5, 0.6) is 0 Å². The molecule has 4 fully saturated rings. The van der Waals surface area contributed by atoms with Gasteiger partial charge < -0.3 is 166 Å². The molecule has 0 aliphatic carbocycles. The van der Waals surface area contributed by atoms with Gasteiger partial charge in [-0.15, -0.1) is 0 Å². The number of carbonyl (C=O) groups is 3. The van der Waals surface area contributed by atoms with Crippen LogP contribution in [0.2, 0.25) is 0 Å². The monoisotopic (exact) mass is 2220 g/mol. The summed E-state index contributed by atoms with van der Waals surface area (Å²) in [5, 5.41) is 108. The summed E-state index contributed by atoms with van der Waals surface area (Å²) in [5.74, 6) is -2.72. The number of amides is 3. The number of hydrogen-bond acceptors (Lipinski definition) is 38. The van der Waals surface area contributed by atoms with E-state index < -0.39 is 244 Å². The number of nitrogens with one attached hydrogen (secondary N) is 3. The van der Waals surface area contributed by atoms with Gasteiger partial charge >= 0.3 is 0 Å². The molecule has 0 spiro atoms. The first-order chi connectivity index (χ1) is 69.3. The lowest BCUT2D eigenvalue weighted by atomic mass is 9.94. The lowest BCUT2D eigenvalue weighted by molar-refractivity contribution is -0.870. The van der Waals surface area contributed by atoms with Crippen molar-refractivity contribution in [3.05, 3.63) is 128 Å². The number of aliphatic hydroxyl groups is 9. The van der Waals surface area contributed by atoms with Gasteiger partial charge in [-0.2, -0.15) is 0 Å². The second kappa shape index (κ2) is 66.9. The van der Waals surface area contributed by atoms with Crippen LogP contribution < -0.4 is 46.2 Å². The van der Waals surface area contributed by atoms with Gasteiger partial charge in [-0.1, -0.05) is 128 Å². The van der Waals surface area contributed by atoms with Crippen LogP contribution in [0.3, 0.4) is 0 Å². The lowest BCUT2D eigenvalue weighted by Crippen LogP contribution is -2.80. The number of aliphatic hydroxyl groups excluding tert-OH is 9. The van der Waals surface area contributed by atoms with E-state index in [0.29, 0.717) is 18.4 Å². The maximum Gasteiger partial charge on any atom is 0.276 e. The Morgan fingerprint density at radius 3 is 1.04 bits per heavy atom. The molecule has 4 aliphatic rings. The van der Waals surface area contributed by atoms with Crippen LogP contribution in [0.1, 0.15) is 239 Å². The SMILES string of the molecule is CC(=O)N[C@H]1[C@@H](O[C@H]2[C@@H](O)[C@@H](COP(=O)([O-])OCC[N+](C)(C)C)O[C@@H](OC[C@H](O)[C@H](O)[C@H](O)COP(=O)([O-])OC[C@H]3O[C@@H](O[C@H]4[C@@H]([NH3+])[C@@H](C)O[C@@H](OP(=O)([O-])OP(=O)([O-])OC/C=C(/C)CC/C=C(/C)CC/C=C(/C)CC/C=C(/C)CC/C=C(/C)CC/C=C(/C)CC/C=C(/C)CC/C=C(/C)CC/C=C(\C)CC/C=C(\C)CCC=C(C)C)[C@@H]4NC(C)=O)[C@H](O)[C@@H](O)[C@@H]3O)[C@@H]2NC(C)=O)O[C@H](COP(=O)([O-])OCC[N+](C)(C)C)[C@H](O)[C@@H]1O. The standard InChI is InChI=1S/C100H177N6O38P5/c1-64(2)33-23-34-65(3)35-24-36-66(4)37-25-38-67(5)39-26-40-68(6)41-27-42-69(7)43-28-44-70(8)45-29-46-71(9)47-30-48-72(10)49-31-50-73(11)51-32-52-74(12)53-56-130-148(125,126)144-149(127,128)143-99-86(103-77(15)108)95(84(101)75(13)137-99)141-100-94(118)93(117)90(114)82(140-100)62-136-147(123,124)133-60-80(111)88(112)79(110)59-129-97-87(104-78(16)109)96(91(115)83(138-97)63-135-146(121,122)132-58-55-106(20,21)22)142-98-85(102-76(14)107)92(116)89(113)81(139-98)61-134-145(119,120)131-57-54-105(17,18)19/h33,35,37,39,41,43,45,47,49,51,53,75,79-100,110-118H,23-32,34,36,38,40,42,44,46,48,50,52,54-63,101H2,1-22H3,(H6-2,102,103,104,107,108,109,119,120,121,122,123,124,125,126,127,128)/p-2/b65-35+,66-37+,67-39-,68-41-,69-43-,70-45-,71-47-,72-49-,73-51-,74-53-/t75-,79+,80-,81-,82-,83-,84+,85-,86-,87-,88+,89+,90-,91+,92-,93+,94-,95+,96-,97-,98-,99+,100+/m1/s1. The predicted octanol–water partition coefficient (Wildman–Crippen LogP) is 7.20. The van der Waals surface area contributed by atoms with Gasteiger partial charge in [-0.05, 0) is 218 Å². The van der Waals surface area contributed by atoms with Crippen LogP contribution in [-0.4, -0.2) is 322 Å². The molecule has 0 aromatic heterocycles. The highest BCUT2D eigenvalue weighted by atomic mass is 31.3. The number of quaternary nitrogens is 3. The van der Waals surface area contributed by atoms with Crippen molar-refractivity contribution in [1.29, 1.82) is 0 Å². The first-order valence-electron chi connectivity index (χ1n) is 50.9. The van der Waals surface area contributed by atoms with Crippen LogP contribution in [-0.2, 0) is 111 Å². The van der Waals surface area contributed by atoms with E-state index in [4.69, 9.17) is 69.3 Å². The normalized spacial score (nSPS) is 28.5. The Bertz CT molecular complexity index is 4720. The molecule has 4 aliphatic heterocycles. The zero-order valence-electron chi connectivity index (χ0n) is 91.0. The minimum absolute atomic E-state index is 0.142. The molecule has 0 bridgehead atoms. The van der Waals surface area contributed by atoms with Gasteiger partial charge in [0.05, 0.1) is 81.9 Å². The molecule has 4 rings (SSSR count). The van der Waals surface area contributed by atoms with E-state index in [1.165, 1.54) is 63.2 Å². The highest BCUT2D eigenvalue weighted by molar-refractivity contribution is 7.59. The zero-order chi connectivity index (χ0) is 112. The number of ether oxygens (including phenoxy) is 7. The van der Waals surface area contributed by atoms with Gasteiger partial charge in [-0.25, -0.2) is 4.31 Å². The molecule has 4 heterocycles. The maximum absolute atomic E-state index is 13.5. The maximum atomic E-state index is 13.5. The third kappa shape index (κ3) is 55.9. The van der Waals surface area contributed by atoms with Crippen molar-refractivity contribution in [1.82, 2.24) is 16.0 Å². The Morgan fingerprint density at radius 2 is 0.671 bits per heavy atom. The fourth-order valence-corrected chi connectivity index (χ4v) is 20.1. The summed E-state index contributed by atoms with van der Waals surface area (Å²) >= 11 is 0. The van der Waals surface area contributed by atoms with Gasteiger partial charge in [0.15, 0.2) is 25.2 Å². The molecular formula is C100H175N6O38P5-2. The van der Waals surface area contributed by atoms with E-state index in [2.05, 4.69) is 156 Å². The van der Waals surface area contributed by atoms with Gasteiger partial charge in [0, 0.05) is 20.8 Å². The van der Waals surface area contributed by atoms with Crippen molar-refractivity contribution in [3.63, 3.8) is 0 Å². The van der Waals surface area contributed by atoms with Gasteiger partial charge in [0.25, 0.3) is 39.1 Å². The highest BCUT2D eigenvalue weighted by Gasteiger charge is 2.56. The Labute approximate surface area is 880 Å². The zero-order valence-corrected chi connectivity index (χ0v) is 95.5. The molecule has 3 amide bonds. The van der Waals surface area contributed by atoms with Crippen molar-refractivity contribution in [2.24, 2.45) is 0 Å². The fraction of sp³-hybridized carbons (Fsp3) is 0.750.